The van der Waals surface area contributed by atoms with Crippen molar-refractivity contribution in [3.63, 3.8) is 0 Å². The molecule has 1 fully saturated rings. The molecule has 2 N–H and O–H groups in total. The third-order valence-corrected chi connectivity index (χ3v) is 4.19. The third kappa shape index (κ3) is 2.56. The Morgan fingerprint density at radius 2 is 2.30 bits per heavy atom. The van der Waals surface area contributed by atoms with Gasteiger partial charge in [-0.15, -0.1) is 0 Å². The van der Waals surface area contributed by atoms with Crippen LogP contribution in [0, 0.1) is 0 Å². The quantitative estimate of drug-likeness (QED) is 0.892. The fourth-order valence-corrected chi connectivity index (χ4v) is 3.02. The molecule has 0 bridgehead atoms. The van der Waals surface area contributed by atoms with Gasteiger partial charge >= 0.3 is 0 Å². The van der Waals surface area contributed by atoms with Crippen LogP contribution in [-0.4, -0.2) is 42.0 Å². The Hall–Kier alpha value is -1.81. The number of amides is 1. The summed E-state index contributed by atoms with van der Waals surface area (Å²) in [6, 6.07) is 8.34. The number of hydrogen-bond donors (Lipinski definition) is 2. The lowest BCUT2D eigenvalue weighted by Gasteiger charge is -2.18. The molecule has 4 nitrogen and oxygen atoms in total. The highest BCUT2D eigenvalue weighted by Gasteiger charge is 2.27. The van der Waals surface area contributed by atoms with E-state index in [0.717, 1.165) is 31.3 Å². The Bertz CT molecular complexity index is 605. The first kappa shape index (κ1) is 13.2. The molecular formula is C16H21N3O. The average molecular weight is 271 g/mol. The minimum atomic E-state index is 0.0676. The number of fused-ring (bicyclic) bond motifs is 1. The second-order valence-electron chi connectivity index (χ2n) is 5.54. The molecule has 1 aliphatic rings. The van der Waals surface area contributed by atoms with Gasteiger partial charge in [-0.05, 0) is 44.5 Å². The number of carbonyl (C=O) groups is 1. The average Bonchev–Trinajstić information content (AvgIpc) is 3.05. The van der Waals surface area contributed by atoms with Gasteiger partial charge in [0.15, 0.2) is 0 Å². The van der Waals surface area contributed by atoms with E-state index < -0.39 is 0 Å². The highest BCUT2D eigenvalue weighted by Crippen LogP contribution is 2.18. The van der Waals surface area contributed by atoms with E-state index in [2.05, 4.69) is 27.3 Å². The van der Waals surface area contributed by atoms with Gasteiger partial charge < -0.3 is 10.3 Å². The molecule has 2 aromatic rings. The number of aromatic nitrogens is 1. The maximum Gasteiger partial charge on any atom is 0.237 e. The Labute approximate surface area is 119 Å². The van der Waals surface area contributed by atoms with E-state index in [1.54, 1.807) is 0 Å². The molecule has 1 aromatic carbocycles. The van der Waals surface area contributed by atoms with Crippen molar-refractivity contribution in [2.75, 3.05) is 20.1 Å². The van der Waals surface area contributed by atoms with Gasteiger partial charge in [-0.1, -0.05) is 18.2 Å². The number of aromatic amines is 1. The van der Waals surface area contributed by atoms with Crippen LogP contribution >= 0.6 is 0 Å². The molecule has 0 spiro atoms. The van der Waals surface area contributed by atoms with Crippen molar-refractivity contribution in [1.82, 2.24) is 15.2 Å². The molecule has 0 aliphatic carbocycles. The summed E-state index contributed by atoms with van der Waals surface area (Å²) in [6.07, 6.45) is 5.01. The van der Waals surface area contributed by atoms with E-state index in [1.165, 1.54) is 10.9 Å². The molecular weight excluding hydrogens is 250 g/mol. The predicted molar refractivity (Wildman–Crippen MR) is 80.7 cm³/mol. The van der Waals surface area contributed by atoms with Gasteiger partial charge in [0.2, 0.25) is 5.91 Å². The van der Waals surface area contributed by atoms with Crippen molar-refractivity contribution in [2.45, 2.75) is 25.3 Å². The highest BCUT2D eigenvalue weighted by molar-refractivity contribution is 5.84. The summed E-state index contributed by atoms with van der Waals surface area (Å²) in [5, 5.41) is 4.31. The van der Waals surface area contributed by atoms with Gasteiger partial charge in [0, 0.05) is 23.6 Å². The monoisotopic (exact) mass is 271 g/mol. The van der Waals surface area contributed by atoms with Crippen LogP contribution in [-0.2, 0) is 11.2 Å². The molecule has 1 unspecified atom stereocenters. The summed E-state index contributed by atoms with van der Waals surface area (Å²) in [6.45, 7) is 1.73. The molecule has 0 radical (unpaired) electrons. The molecule has 0 saturated carbocycles. The predicted octanol–water partition coefficient (Wildman–Crippen LogP) is 1.92. The van der Waals surface area contributed by atoms with E-state index in [0.29, 0.717) is 6.54 Å². The standard InChI is InChI=1S/C16H21N3O/c1-19-10-4-7-15(19)16(20)17-9-8-12-11-18-14-6-3-2-5-13(12)14/h2-3,5-6,11,15,18H,4,7-10H2,1H3,(H,17,20). The number of carbonyl (C=O) groups excluding carboxylic acids is 1. The summed E-state index contributed by atoms with van der Waals surface area (Å²) < 4.78 is 0. The molecule has 1 aromatic heterocycles. The molecule has 3 rings (SSSR count). The molecule has 4 heteroatoms. The van der Waals surface area contributed by atoms with E-state index in [4.69, 9.17) is 0 Å². The molecule has 106 valence electrons. The van der Waals surface area contributed by atoms with Crippen molar-refractivity contribution in [3.05, 3.63) is 36.0 Å². The lowest BCUT2D eigenvalue weighted by molar-refractivity contribution is -0.125. The summed E-state index contributed by atoms with van der Waals surface area (Å²) in [4.78, 5) is 17.5. The largest absolute Gasteiger partial charge is 0.361 e. The number of rotatable bonds is 4. The topological polar surface area (TPSA) is 48.1 Å². The number of benzene rings is 1. The Morgan fingerprint density at radius 1 is 1.45 bits per heavy atom. The van der Waals surface area contributed by atoms with Gasteiger partial charge in [0.25, 0.3) is 0 Å². The molecule has 20 heavy (non-hydrogen) atoms. The zero-order valence-corrected chi connectivity index (χ0v) is 11.9. The first-order valence-electron chi connectivity index (χ1n) is 7.28. The summed E-state index contributed by atoms with van der Waals surface area (Å²) in [5.74, 6) is 0.171. The van der Waals surface area contributed by atoms with Crippen LogP contribution in [0.1, 0.15) is 18.4 Å². The number of H-pyrrole nitrogens is 1. The van der Waals surface area contributed by atoms with E-state index in [-0.39, 0.29) is 11.9 Å². The van der Waals surface area contributed by atoms with Crippen LogP contribution in [0.3, 0.4) is 0 Å². The highest BCUT2D eigenvalue weighted by atomic mass is 16.2. The van der Waals surface area contributed by atoms with Crippen LogP contribution in [0.2, 0.25) is 0 Å². The Kier molecular flexibility index (Phi) is 3.74. The van der Waals surface area contributed by atoms with Crippen LogP contribution in [0.15, 0.2) is 30.5 Å². The normalized spacial score (nSPS) is 19.6. The van der Waals surface area contributed by atoms with Gasteiger partial charge in [-0.25, -0.2) is 0 Å². The molecule has 2 heterocycles. The van der Waals surface area contributed by atoms with Gasteiger partial charge in [0.1, 0.15) is 0 Å². The number of hydrogen-bond acceptors (Lipinski definition) is 2. The maximum atomic E-state index is 12.1. The molecule has 1 aliphatic heterocycles. The SMILES string of the molecule is CN1CCCC1C(=O)NCCc1c[nH]c2ccccc12. The van der Waals surface area contributed by atoms with Gasteiger partial charge in [-0.2, -0.15) is 0 Å². The fourth-order valence-electron chi connectivity index (χ4n) is 3.02. The summed E-state index contributed by atoms with van der Waals surface area (Å²) in [7, 11) is 2.02. The maximum absolute atomic E-state index is 12.1. The summed E-state index contributed by atoms with van der Waals surface area (Å²) >= 11 is 0. The van der Waals surface area contributed by atoms with E-state index in [1.807, 2.05) is 25.4 Å². The molecule has 1 amide bonds. The minimum Gasteiger partial charge on any atom is -0.361 e. The lowest BCUT2D eigenvalue weighted by Crippen LogP contribution is -2.42. The first-order valence-corrected chi connectivity index (χ1v) is 7.28. The lowest BCUT2D eigenvalue weighted by atomic mass is 10.1. The van der Waals surface area contributed by atoms with Crippen LogP contribution in [0.4, 0.5) is 0 Å². The molecule has 1 saturated heterocycles. The van der Waals surface area contributed by atoms with E-state index in [9.17, 15) is 4.79 Å². The van der Waals surface area contributed by atoms with Crippen molar-refractivity contribution >= 4 is 16.8 Å². The van der Waals surface area contributed by atoms with Gasteiger partial charge in [-0.3, -0.25) is 9.69 Å². The number of nitrogens with one attached hydrogen (secondary N) is 2. The van der Waals surface area contributed by atoms with Gasteiger partial charge in [0.05, 0.1) is 6.04 Å². The Balaban J connectivity index is 1.56. The van der Waals surface area contributed by atoms with Crippen LogP contribution < -0.4 is 5.32 Å². The minimum absolute atomic E-state index is 0.0676. The second kappa shape index (κ2) is 5.67. The number of likely N-dealkylation sites (N-methyl/N-ethyl adjacent to an activating group) is 1. The zero-order chi connectivity index (χ0) is 13.9. The zero-order valence-electron chi connectivity index (χ0n) is 11.9. The fraction of sp³-hybridized carbons (Fsp3) is 0.438. The smallest absolute Gasteiger partial charge is 0.237 e. The first-order chi connectivity index (χ1) is 9.75. The number of para-hydroxylation sites is 1. The van der Waals surface area contributed by atoms with Crippen molar-refractivity contribution in [2.24, 2.45) is 0 Å². The Morgan fingerprint density at radius 3 is 3.10 bits per heavy atom. The van der Waals surface area contributed by atoms with Crippen LogP contribution in [0.5, 0.6) is 0 Å². The second-order valence-corrected chi connectivity index (χ2v) is 5.54. The summed E-state index contributed by atoms with van der Waals surface area (Å²) in [5.41, 5.74) is 2.42. The third-order valence-electron chi connectivity index (χ3n) is 4.19. The van der Waals surface area contributed by atoms with Crippen molar-refractivity contribution in [1.29, 1.82) is 0 Å². The number of nitrogens with zero attached hydrogens (tertiary/aromatic N) is 1. The van der Waals surface area contributed by atoms with E-state index >= 15 is 0 Å². The van der Waals surface area contributed by atoms with Crippen molar-refractivity contribution < 1.29 is 4.79 Å². The van der Waals surface area contributed by atoms with Crippen molar-refractivity contribution in [3.8, 4) is 0 Å². The number of likely N-dealkylation sites (tertiary alicyclic amines) is 1. The molecule has 1 atom stereocenters. The van der Waals surface area contributed by atoms with Crippen LogP contribution in [0.25, 0.3) is 10.9 Å².